The summed E-state index contributed by atoms with van der Waals surface area (Å²) in [5.74, 6) is 0. The molecule has 3 heteroatoms. The Morgan fingerprint density at radius 2 is 2.08 bits per heavy atom. The van der Waals surface area contributed by atoms with Gasteiger partial charge in [0.2, 0.25) is 0 Å². The van der Waals surface area contributed by atoms with Crippen LogP contribution in [0.25, 0.3) is 0 Å². The van der Waals surface area contributed by atoms with Gasteiger partial charge in [-0.2, -0.15) is 0 Å². The second-order valence-electron chi connectivity index (χ2n) is 4.23. The first-order valence-corrected chi connectivity index (χ1v) is 5.16. The van der Waals surface area contributed by atoms with Gasteiger partial charge in [-0.05, 0) is 40.4 Å². The van der Waals surface area contributed by atoms with Crippen molar-refractivity contribution in [1.82, 2.24) is 9.80 Å². The van der Waals surface area contributed by atoms with E-state index < -0.39 is 0 Å². The summed E-state index contributed by atoms with van der Waals surface area (Å²) >= 11 is 0. The molecule has 2 unspecified atom stereocenters. The Balaban J connectivity index is 2.55. The summed E-state index contributed by atoms with van der Waals surface area (Å²) in [5, 5.41) is 8.96. The van der Waals surface area contributed by atoms with Crippen LogP contribution in [0.4, 0.5) is 0 Å². The minimum absolute atomic E-state index is 0.301. The molecule has 0 aromatic carbocycles. The molecule has 1 N–H and O–H groups in total. The van der Waals surface area contributed by atoms with Gasteiger partial charge in [0.25, 0.3) is 0 Å². The van der Waals surface area contributed by atoms with Crippen LogP contribution >= 0.6 is 0 Å². The topological polar surface area (TPSA) is 26.7 Å². The first-order valence-electron chi connectivity index (χ1n) is 5.16. The highest BCUT2D eigenvalue weighted by molar-refractivity contribution is 4.80. The molecule has 0 aromatic rings. The lowest BCUT2D eigenvalue weighted by Crippen LogP contribution is -2.41. The standard InChI is InChI=1S/C10H22N2O/c1-9-4-6-11(2)8-10(5-7-13)12(9)3/h9-10,13H,4-8H2,1-3H3. The van der Waals surface area contributed by atoms with Gasteiger partial charge in [0, 0.05) is 25.2 Å². The van der Waals surface area contributed by atoms with Crippen LogP contribution in [0, 0.1) is 0 Å². The number of rotatable bonds is 2. The van der Waals surface area contributed by atoms with E-state index in [1.807, 2.05) is 0 Å². The average molecular weight is 186 g/mol. The Labute approximate surface area is 81.3 Å². The van der Waals surface area contributed by atoms with Crippen molar-refractivity contribution in [3.63, 3.8) is 0 Å². The van der Waals surface area contributed by atoms with Gasteiger partial charge in [0.15, 0.2) is 0 Å². The van der Waals surface area contributed by atoms with Crippen molar-refractivity contribution >= 4 is 0 Å². The number of likely N-dealkylation sites (N-methyl/N-ethyl adjacent to an activating group) is 2. The highest BCUT2D eigenvalue weighted by Crippen LogP contribution is 2.14. The predicted molar refractivity (Wildman–Crippen MR) is 54.8 cm³/mol. The monoisotopic (exact) mass is 186 g/mol. The summed E-state index contributed by atoms with van der Waals surface area (Å²) in [7, 11) is 4.33. The summed E-state index contributed by atoms with van der Waals surface area (Å²) in [4.78, 5) is 4.76. The molecule has 2 atom stereocenters. The maximum atomic E-state index is 8.96. The molecule has 0 aliphatic carbocycles. The largest absolute Gasteiger partial charge is 0.396 e. The molecule has 1 aliphatic heterocycles. The smallest absolute Gasteiger partial charge is 0.0446 e. The molecule has 1 fully saturated rings. The fourth-order valence-electron chi connectivity index (χ4n) is 1.99. The molecule has 13 heavy (non-hydrogen) atoms. The van der Waals surface area contributed by atoms with E-state index in [1.165, 1.54) is 13.0 Å². The van der Waals surface area contributed by atoms with Crippen LogP contribution in [0.2, 0.25) is 0 Å². The van der Waals surface area contributed by atoms with Crippen LogP contribution in [-0.2, 0) is 0 Å². The van der Waals surface area contributed by atoms with E-state index in [4.69, 9.17) is 5.11 Å². The van der Waals surface area contributed by atoms with Crippen molar-refractivity contribution in [2.45, 2.75) is 31.8 Å². The van der Waals surface area contributed by atoms with Crippen molar-refractivity contribution in [3.05, 3.63) is 0 Å². The molecule has 3 nitrogen and oxygen atoms in total. The summed E-state index contributed by atoms with van der Waals surface area (Å²) < 4.78 is 0. The van der Waals surface area contributed by atoms with Crippen molar-refractivity contribution < 1.29 is 5.11 Å². The highest BCUT2D eigenvalue weighted by Gasteiger charge is 2.24. The lowest BCUT2D eigenvalue weighted by molar-refractivity contribution is 0.146. The fraction of sp³-hybridized carbons (Fsp3) is 1.00. The van der Waals surface area contributed by atoms with Crippen LogP contribution in [0.5, 0.6) is 0 Å². The van der Waals surface area contributed by atoms with E-state index in [-0.39, 0.29) is 0 Å². The van der Waals surface area contributed by atoms with E-state index in [9.17, 15) is 0 Å². The minimum atomic E-state index is 0.301. The summed E-state index contributed by atoms with van der Waals surface area (Å²) in [5.41, 5.74) is 0. The van der Waals surface area contributed by atoms with Crippen molar-refractivity contribution in [1.29, 1.82) is 0 Å². The molecule has 0 saturated carbocycles. The predicted octanol–water partition coefficient (Wildman–Crippen LogP) is 0.393. The van der Waals surface area contributed by atoms with Gasteiger partial charge in [-0.3, -0.25) is 4.90 Å². The van der Waals surface area contributed by atoms with Gasteiger partial charge in [-0.25, -0.2) is 0 Å². The number of nitrogens with zero attached hydrogens (tertiary/aromatic N) is 2. The van der Waals surface area contributed by atoms with Crippen LogP contribution in [0.15, 0.2) is 0 Å². The van der Waals surface area contributed by atoms with Crippen molar-refractivity contribution in [3.8, 4) is 0 Å². The third kappa shape index (κ3) is 2.93. The molecule has 0 aromatic heterocycles. The van der Waals surface area contributed by atoms with E-state index in [1.54, 1.807) is 0 Å². The zero-order chi connectivity index (χ0) is 9.84. The van der Waals surface area contributed by atoms with E-state index in [2.05, 4.69) is 30.8 Å². The third-order valence-corrected chi connectivity index (χ3v) is 3.18. The Bertz CT molecular complexity index is 152. The number of hydrogen-bond donors (Lipinski definition) is 1. The molecule has 1 saturated heterocycles. The fourth-order valence-corrected chi connectivity index (χ4v) is 1.99. The van der Waals surface area contributed by atoms with E-state index >= 15 is 0 Å². The molecule has 1 rings (SSSR count). The first kappa shape index (κ1) is 11.0. The average Bonchev–Trinajstić information content (AvgIpc) is 2.21. The lowest BCUT2D eigenvalue weighted by atomic mass is 10.1. The molecule has 0 bridgehead atoms. The minimum Gasteiger partial charge on any atom is -0.396 e. The molecule has 78 valence electrons. The van der Waals surface area contributed by atoms with Gasteiger partial charge < -0.3 is 10.0 Å². The van der Waals surface area contributed by atoms with Crippen LogP contribution in [-0.4, -0.2) is 60.8 Å². The van der Waals surface area contributed by atoms with Crippen LogP contribution in [0.1, 0.15) is 19.8 Å². The van der Waals surface area contributed by atoms with Crippen LogP contribution in [0.3, 0.4) is 0 Å². The zero-order valence-corrected chi connectivity index (χ0v) is 9.03. The SMILES string of the molecule is CC1CCN(C)CC(CCO)N1C. The maximum Gasteiger partial charge on any atom is 0.0446 e. The second-order valence-corrected chi connectivity index (χ2v) is 4.23. The summed E-state index contributed by atoms with van der Waals surface area (Å²) in [6.45, 7) is 4.83. The van der Waals surface area contributed by atoms with E-state index in [0.717, 1.165) is 13.0 Å². The molecule has 0 amide bonds. The number of aliphatic hydroxyl groups excluding tert-OH is 1. The Morgan fingerprint density at radius 1 is 1.38 bits per heavy atom. The normalized spacial score (nSPS) is 33.2. The molecule has 0 radical (unpaired) electrons. The Hall–Kier alpha value is -0.120. The Kier molecular flexibility index (Phi) is 4.16. The highest BCUT2D eigenvalue weighted by atomic mass is 16.3. The maximum absolute atomic E-state index is 8.96. The molecular weight excluding hydrogens is 164 g/mol. The Morgan fingerprint density at radius 3 is 2.69 bits per heavy atom. The van der Waals surface area contributed by atoms with Crippen LogP contribution < -0.4 is 0 Å². The van der Waals surface area contributed by atoms with Gasteiger partial charge in [-0.15, -0.1) is 0 Å². The quantitative estimate of drug-likeness (QED) is 0.676. The van der Waals surface area contributed by atoms with Gasteiger partial charge in [0.1, 0.15) is 0 Å². The lowest BCUT2D eigenvalue weighted by Gasteiger charge is -2.30. The van der Waals surface area contributed by atoms with E-state index in [0.29, 0.717) is 18.7 Å². The molecular formula is C10H22N2O. The first-order chi connectivity index (χ1) is 6.15. The number of aliphatic hydroxyl groups is 1. The van der Waals surface area contributed by atoms with Crippen molar-refractivity contribution in [2.75, 3.05) is 33.8 Å². The van der Waals surface area contributed by atoms with Gasteiger partial charge in [-0.1, -0.05) is 0 Å². The molecule has 1 heterocycles. The second kappa shape index (κ2) is 4.94. The number of hydrogen-bond acceptors (Lipinski definition) is 3. The summed E-state index contributed by atoms with van der Waals surface area (Å²) in [6, 6.07) is 1.16. The van der Waals surface area contributed by atoms with Crippen molar-refractivity contribution in [2.24, 2.45) is 0 Å². The summed E-state index contributed by atoms with van der Waals surface area (Å²) in [6.07, 6.45) is 2.13. The van der Waals surface area contributed by atoms with Gasteiger partial charge in [0.05, 0.1) is 0 Å². The molecule has 1 aliphatic rings. The molecule has 0 spiro atoms. The zero-order valence-electron chi connectivity index (χ0n) is 9.03. The third-order valence-electron chi connectivity index (χ3n) is 3.18. The van der Waals surface area contributed by atoms with Gasteiger partial charge >= 0.3 is 0 Å².